The monoisotopic (exact) mass is 783 g/mol. The average Bonchev–Trinajstić information content (AvgIpc) is 3.64. The smallest absolute Gasteiger partial charge is 0.444 e. The second-order valence-corrected chi connectivity index (χ2v) is 13.1. The van der Waals surface area contributed by atoms with Gasteiger partial charge in [0.25, 0.3) is 0 Å². The lowest BCUT2D eigenvalue weighted by atomic mass is 10.1. The summed E-state index contributed by atoms with van der Waals surface area (Å²) < 4.78 is 82.6. The highest BCUT2D eigenvalue weighted by Gasteiger charge is 2.34. The second-order valence-electron chi connectivity index (χ2n) is 11.0. The third kappa shape index (κ3) is 10.1. The largest absolute Gasteiger partial charge is 0.573 e. The molecule has 11 nitrogen and oxygen atoms in total. The Balaban J connectivity index is 1.29. The molecule has 0 radical (unpaired) electrons. The first kappa shape index (κ1) is 35.5. The van der Waals surface area contributed by atoms with E-state index in [0.29, 0.717) is 56.9 Å². The van der Waals surface area contributed by atoms with E-state index in [2.05, 4.69) is 52.4 Å². The fourth-order valence-electron chi connectivity index (χ4n) is 4.39. The number of alkyl halides is 3. The van der Waals surface area contributed by atoms with E-state index < -0.39 is 35.4 Å². The summed E-state index contributed by atoms with van der Waals surface area (Å²) in [6.07, 6.45) is -1.33. The zero-order chi connectivity index (χ0) is 33.5. The molecule has 18 heteroatoms. The number of benzene rings is 2. The molecule has 1 amide bonds. The number of H-pyrrole nitrogens is 1. The molecule has 0 aliphatic carbocycles. The lowest BCUT2D eigenvalue weighted by Gasteiger charge is -2.27. The molecular formula is C28H32F5IN7O4P. The van der Waals surface area contributed by atoms with Crippen LogP contribution in [0.4, 0.5) is 32.4 Å². The molecule has 46 heavy (non-hydrogen) atoms. The summed E-state index contributed by atoms with van der Waals surface area (Å²) in [4.78, 5) is 18.3. The molecule has 0 fully saturated rings. The van der Waals surface area contributed by atoms with E-state index in [0.717, 1.165) is 22.2 Å². The van der Waals surface area contributed by atoms with Gasteiger partial charge >= 0.3 is 12.5 Å². The number of carbonyl (C=O) groups excluding carboxylic acids is 1. The molecule has 1 unspecified atom stereocenters. The average molecular weight is 783 g/mol. The van der Waals surface area contributed by atoms with Crippen molar-refractivity contribution < 1.29 is 41.0 Å². The van der Waals surface area contributed by atoms with Crippen molar-refractivity contribution in [3.63, 3.8) is 0 Å². The van der Waals surface area contributed by atoms with Gasteiger partial charge in [-0.1, -0.05) is 0 Å². The summed E-state index contributed by atoms with van der Waals surface area (Å²) in [7, 11) is 0. The van der Waals surface area contributed by atoms with Gasteiger partial charge in [-0.05, 0) is 85.5 Å². The van der Waals surface area contributed by atoms with Gasteiger partial charge in [-0.15, -0.1) is 13.2 Å². The van der Waals surface area contributed by atoms with Gasteiger partial charge in [0.15, 0.2) is 17.5 Å². The highest BCUT2D eigenvalue weighted by molar-refractivity contribution is 14.2. The molecule has 0 bridgehead atoms. The maximum absolute atomic E-state index is 14.3. The van der Waals surface area contributed by atoms with Gasteiger partial charge in [0.05, 0.1) is 24.7 Å². The van der Waals surface area contributed by atoms with Gasteiger partial charge in [-0.3, -0.25) is 5.10 Å². The summed E-state index contributed by atoms with van der Waals surface area (Å²) in [5.74, 6) is -4.00. The molecule has 1 atom stereocenters. The van der Waals surface area contributed by atoms with Crippen LogP contribution < -0.4 is 10.1 Å². The number of nitrogens with zero attached hydrogens (tertiary/aromatic N) is 5. The first-order chi connectivity index (χ1) is 21.7. The first-order valence-corrected chi connectivity index (χ1v) is 18.1. The van der Waals surface area contributed by atoms with Gasteiger partial charge in [-0.25, -0.2) is 23.0 Å². The predicted molar refractivity (Wildman–Crippen MR) is 171 cm³/mol. The Labute approximate surface area is 275 Å². The molecule has 0 saturated carbocycles. The van der Waals surface area contributed by atoms with Crippen LogP contribution in [0.2, 0.25) is 0 Å². The van der Waals surface area contributed by atoms with Crippen LogP contribution in [0.1, 0.15) is 39.2 Å². The van der Waals surface area contributed by atoms with Crippen molar-refractivity contribution >= 4 is 51.1 Å². The summed E-state index contributed by atoms with van der Waals surface area (Å²) in [6, 6.07) is 5.35. The zero-order valence-electron chi connectivity index (χ0n) is 25.1. The number of hydrogen-bond acceptors (Lipinski definition) is 8. The minimum Gasteiger partial charge on any atom is -0.444 e. The lowest BCUT2D eigenvalue weighted by molar-refractivity contribution is -0.276. The summed E-state index contributed by atoms with van der Waals surface area (Å²) in [5.41, 5.74) is 1.77. The van der Waals surface area contributed by atoms with E-state index in [-0.39, 0.29) is 18.7 Å². The van der Waals surface area contributed by atoms with Crippen LogP contribution in [0.25, 0.3) is 22.3 Å². The number of hydrogen-bond donors (Lipinski definition) is 2. The van der Waals surface area contributed by atoms with Crippen molar-refractivity contribution in [3.8, 4) is 17.1 Å². The van der Waals surface area contributed by atoms with Crippen LogP contribution in [-0.4, -0.2) is 74.0 Å². The number of ether oxygens (including phenoxy) is 3. The molecule has 2 aromatic heterocycles. The standard InChI is InChI=1S/C28H32F5IN7O4P/c1-27(2,3)45-26(42)40(15-17-10-20(29)24(21(30)11-17)44-28(31,32)33)7-4-5-8-43-9-6-35-22-12-18(25-36-16-37-39-25)13-23-19(22)14-38-41(23)46-34/h10-14,16,35,46H,4-9,15H2,1-3H3,(H,36,37,39). The Hall–Kier alpha value is -3.31. The van der Waals surface area contributed by atoms with E-state index in [1.165, 1.54) is 11.2 Å². The third-order valence-corrected chi connectivity index (χ3v) is 8.17. The highest BCUT2D eigenvalue weighted by Crippen LogP contribution is 2.35. The van der Waals surface area contributed by atoms with Crippen LogP contribution in [0.15, 0.2) is 36.8 Å². The SMILES string of the molecule is CC(C)(C)OC(=O)N(CCCCOCCNc1cc(-c2ncn[nH]2)cc2c1cnn2PI)Cc1cc(F)c(OC(F)(F)F)c(F)c1. The molecule has 4 aromatic rings. The number of aromatic nitrogens is 5. The number of halogens is 6. The van der Waals surface area contributed by atoms with Crippen LogP contribution in [0, 0.1) is 11.6 Å². The Morgan fingerprint density at radius 1 is 1.11 bits per heavy atom. The Morgan fingerprint density at radius 3 is 2.48 bits per heavy atom. The number of rotatable bonds is 14. The summed E-state index contributed by atoms with van der Waals surface area (Å²) >= 11 is 2.27. The minimum atomic E-state index is -5.27. The second kappa shape index (κ2) is 15.5. The lowest BCUT2D eigenvalue weighted by Crippen LogP contribution is -2.37. The number of amides is 1. The maximum Gasteiger partial charge on any atom is 0.573 e. The van der Waals surface area contributed by atoms with Crippen molar-refractivity contribution in [3.05, 3.63) is 54.0 Å². The molecular weight excluding hydrogens is 751 g/mol. The summed E-state index contributed by atoms with van der Waals surface area (Å²) in [5, 5.41) is 15.6. The molecule has 2 heterocycles. The van der Waals surface area contributed by atoms with Gasteiger partial charge < -0.3 is 24.4 Å². The number of fused-ring (bicyclic) bond motifs is 1. The molecule has 4 rings (SSSR count). The molecule has 0 aliphatic heterocycles. The van der Waals surface area contributed by atoms with Crippen molar-refractivity contribution in [2.75, 3.05) is 31.6 Å². The fraction of sp³-hybridized carbons (Fsp3) is 0.429. The van der Waals surface area contributed by atoms with E-state index in [1.807, 2.05) is 16.6 Å². The van der Waals surface area contributed by atoms with Gasteiger partial charge in [-0.2, -0.15) is 10.2 Å². The molecule has 0 spiro atoms. The van der Waals surface area contributed by atoms with E-state index in [1.54, 1.807) is 27.0 Å². The number of aromatic amines is 1. The van der Waals surface area contributed by atoms with Crippen LogP contribution in [-0.2, 0) is 16.0 Å². The van der Waals surface area contributed by atoms with Crippen LogP contribution in [0.3, 0.4) is 0 Å². The normalized spacial score (nSPS) is 12.3. The number of nitrogens with one attached hydrogen (secondary N) is 2. The molecule has 250 valence electrons. The van der Waals surface area contributed by atoms with Crippen molar-refractivity contribution in [1.82, 2.24) is 29.6 Å². The number of anilines is 1. The number of unbranched alkanes of at least 4 members (excludes halogenated alkanes) is 1. The van der Waals surface area contributed by atoms with Crippen molar-refractivity contribution in [2.45, 2.75) is 52.1 Å². The predicted octanol–water partition coefficient (Wildman–Crippen LogP) is 7.44. The van der Waals surface area contributed by atoms with Crippen LogP contribution >= 0.6 is 28.4 Å². The Morgan fingerprint density at radius 2 is 1.85 bits per heavy atom. The van der Waals surface area contributed by atoms with Gasteiger partial charge in [0.1, 0.15) is 11.9 Å². The molecule has 2 aromatic carbocycles. The highest BCUT2D eigenvalue weighted by atomic mass is 127. The quantitative estimate of drug-likeness (QED) is 0.0587. The third-order valence-electron chi connectivity index (χ3n) is 6.29. The molecule has 0 saturated heterocycles. The molecule has 0 aliphatic rings. The van der Waals surface area contributed by atoms with E-state index >= 15 is 0 Å². The fourth-order valence-corrected chi connectivity index (χ4v) is 5.92. The van der Waals surface area contributed by atoms with E-state index in [9.17, 15) is 26.7 Å². The molecule has 2 N–H and O–H groups in total. The topological polar surface area (TPSA) is 119 Å². The van der Waals surface area contributed by atoms with Crippen molar-refractivity contribution in [2.24, 2.45) is 0 Å². The van der Waals surface area contributed by atoms with E-state index in [4.69, 9.17) is 9.47 Å². The number of carbonyl (C=O) groups is 1. The summed E-state index contributed by atoms with van der Waals surface area (Å²) in [6.45, 7) is 6.11. The van der Waals surface area contributed by atoms with Gasteiger partial charge in [0, 0.05) is 42.9 Å². The van der Waals surface area contributed by atoms with Crippen molar-refractivity contribution in [1.29, 1.82) is 0 Å². The minimum absolute atomic E-state index is 0.0660. The maximum atomic E-state index is 14.3. The van der Waals surface area contributed by atoms with Gasteiger partial charge in [0.2, 0.25) is 5.75 Å². The van der Waals surface area contributed by atoms with Crippen LogP contribution in [0.5, 0.6) is 5.75 Å². The zero-order valence-corrected chi connectivity index (χ0v) is 28.2. The first-order valence-electron chi connectivity index (χ1n) is 14.0. The Bertz CT molecular complexity index is 1590. The Kier molecular flexibility index (Phi) is 12.0.